The highest BCUT2D eigenvalue weighted by molar-refractivity contribution is 8.13. The predicted molar refractivity (Wildman–Crippen MR) is 79.4 cm³/mol. The van der Waals surface area contributed by atoms with Crippen molar-refractivity contribution in [3.63, 3.8) is 0 Å². The summed E-state index contributed by atoms with van der Waals surface area (Å²) >= 11 is 0. The van der Waals surface area contributed by atoms with Gasteiger partial charge in [0.25, 0.3) is 14.6 Å². The van der Waals surface area contributed by atoms with Crippen molar-refractivity contribution in [3.05, 3.63) is 61.9 Å². The van der Waals surface area contributed by atoms with Crippen molar-refractivity contribution in [1.29, 1.82) is 0 Å². The molecule has 0 radical (unpaired) electrons. The summed E-state index contributed by atoms with van der Waals surface area (Å²) in [5.74, 6) is 0. The van der Waals surface area contributed by atoms with E-state index >= 15 is 0 Å². The lowest BCUT2D eigenvalue weighted by Gasteiger charge is -2.11. The van der Waals surface area contributed by atoms with Crippen LogP contribution in [0.5, 0.6) is 0 Å². The van der Waals surface area contributed by atoms with Crippen LogP contribution in [0.1, 0.15) is 16.7 Å². The number of aromatic amines is 1. The Morgan fingerprint density at radius 2 is 1.76 bits per heavy atom. The highest BCUT2D eigenvalue weighted by Crippen LogP contribution is 2.15. The first-order valence-electron chi connectivity index (χ1n) is 6.03. The van der Waals surface area contributed by atoms with Crippen molar-refractivity contribution in [2.45, 2.75) is 25.3 Å². The zero-order valence-corrected chi connectivity index (χ0v) is 13.0. The van der Waals surface area contributed by atoms with Crippen LogP contribution in [0.4, 0.5) is 0 Å². The molecule has 0 saturated heterocycles. The molecule has 8 heteroatoms. The molecule has 0 bridgehead atoms. The van der Waals surface area contributed by atoms with Crippen molar-refractivity contribution in [2.75, 3.05) is 0 Å². The molecule has 0 amide bonds. The molecule has 0 atom stereocenters. The second kappa shape index (κ2) is 5.50. The molecule has 0 saturated carbocycles. The van der Waals surface area contributed by atoms with Gasteiger partial charge in [0.2, 0.25) is 0 Å². The van der Waals surface area contributed by atoms with Gasteiger partial charge in [-0.3, -0.25) is 14.3 Å². The van der Waals surface area contributed by atoms with Gasteiger partial charge in [0.1, 0.15) is 0 Å². The highest BCUT2D eigenvalue weighted by atomic mass is 35.7. The first kappa shape index (κ1) is 15.5. The van der Waals surface area contributed by atoms with Crippen LogP contribution in [0, 0.1) is 13.8 Å². The maximum absolute atomic E-state index is 11.8. The lowest BCUT2D eigenvalue weighted by atomic mass is 10.0. The number of nitrogens with one attached hydrogen (secondary N) is 1. The number of hydrogen-bond donors (Lipinski definition) is 1. The van der Waals surface area contributed by atoms with E-state index < -0.39 is 25.2 Å². The summed E-state index contributed by atoms with van der Waals surface area (Å²) < 4.78 is 23.8. The largest absolute Gasteiger partial charge is 0.328 e. The molecule has 6 nitrogen and oxygen atoms in total. The Kier molecular flexibility index (Phi) is 4.06. The first-order valence-corrected chi connectivity index (χ1v) is 8.34. The average Bonchev–Trinajstić information content (AvgIpc) is 2.34. The van der Waals surface area contributed by atoms with Crippen LogP contribution < -0.4 is 11.2 Å². The first-order chi connectivity index (χ1) is 9.70. The Hall–Kier alpha value is -1.86. The monoisotopic (exact) mass is 328 g/mol. The summed E-state index contributed by atoms with van der Waals surface area (Å²) in [5.41, 5.74) is 1.09. The summed E-state index contributed by atoms with van der Waals surface area (Å²) in [4.78, 5) is 24.6. The maximum Gasteiger partial charge on any atom is 0.328 e. The van der Waals surface area contributed by atoms with Gasteiger partial charge in [0, 0.05) is 16.9 Å². The Labute approximate surface area is 125 Å². The lowest BCUT2D eigenvalue weighted by Crippen LogP contribution is -2.32. The van der Waals surface area contributed by atoms with E-state index in [4.69, 9.17) is 10.7 Å². The molecule has 1 heterocycles. The summed E-state index contributed by atoms with van der Waals surface area (Å²) in [7, 11) is 0.974. The van der Waals surface area contributed by atoms with Gasteiger partial charge in [0.05, 0.1) is 6.54 Å². The standard InChI is InChI=1S/C13H13ClN2O4S/c1-8-4-3-5-9(2)10(8)6-16-7-11(21(14,19)20)12(17)15-13(16)18/h3-5,7H,6H2,1-2H3,(H,15,17,18). The topological polar surface area (TPSA) is 89.0 Å². The van der Waals surface area contributed by atoms with Gasteiger partial charge >= 0.3 is 5.69 Å². The van der Waals surface area contributed by atoms with Crippen molar-refractivity contribution >= 4 is 19.7 Å². The van der Waals surface area contributed by atoms with E-state index in [0.29, 0.717) is 0 Å². The van der Waals surface area contributed by atoms with Crippen molar-refractivity contribution in [2.24, 2.45) is 0 Å². The average molecular weight is 329 g/mol. The van der Waals surface area contributed by atoms with Gasteiger partial charge < -0.3 is 0 Å². The number of nitrogens with zero attached hydrogens (tertiary/aromatic N) is 1. The van der Waals surface area contributed by atoms with Gasteiger partial charge in [-0.1, -0.05) is 18.2 Å². The van der Waals surface area contributed by atoms with Gasteiger partial charge in [-0.2, -0.15) is 0 Å². The molecule has 0 aliphatic heterocycles. The molecular formula is C13H13ClN2O4S. The van der Waals surface area contributed by atoms with E-state index in [0.717, 1.165) is 27.5 Å². The Morgan fingerprint density at radius 3 is 2.29 bits per heavy atom. The van der Waals surface area contributed by atoms with Crippen LogP contribution in [0.25, 0.3) is 0 Å². The molecular weight excluding hydrogens is 316 g/mol. The Balaban J connectivity index is 2.61. The van der Waals surface area contributed by atoms with E-state index in [2.05, 4.69) is 0 Å². The number of rotatable bonds is 3. The van der Waals surface area contributed by atoms with E-state index in [1.54, 1.807) is 0 Å². The quantitative estimate of drug-likeness (QED) is 0.855. The van der Waals surface area contributed by atoms with E-state index in [9.17, 15) is 18.0 Å². The zero-order valence-electron chi connectivity index (χ0n) is 11.4. The summed E-state index contributed by atoms with van der Waals surface area (Å²) in [6, 6.07) is 5.66. The number of aryl methyl sites for hydroxylation is 2. The molecule has 21 heavy (non-hydrogen) atoms. The number of aromatic nitrogens is 2. The summed E-state index contributed by atoms with van der Waals surface area (Å²) in [6.07, 6.45) is 0.968. The molecule has 1 N–H and O–H groups in total. The minimum Gasteiger partial charge on any atom is -0.295 e. The molecule has 1 aromatic carbocycles. The third kappa shape index (κ3) is 3.25. The molecule has 2 aromatic rings. The third-order valence-electron chi connectivity index (χ3n) is 3.21. The number of hydrogen-bond acceptors (Lipinski definition) is 4. The Morgan fingerprint density at radius 1 is 1.19 bits per heavy atom. The van der Waals surface area contributed by atoms with Crippen LogP contribution >= 0.6 is 10.7 Å². The van der Waals surface area contributed by atoms with Crippen LogP contribution in [0.2, 0.25) is 0 Å². The van der Waals surface area contributed by atoms with Gasteiger partial charge in [-0.05, 0) is 30.5 Å². The third-order valence-corrected chi connectivity index (χ3v) is 4.53. The fourth-order valence-corrected chi connectivity index (χ4v) is 2.90. The predicted octanol–water partition coefficient (Wildman–Crippen LogP) is 1.13. The smallest absolute Gasteiger partial charge is 0.295 e. The SMILES string of the molecule is Cc1cccc(C)c1Cn1cc(S(=O)(=O)Cl)c(=O)[nH]c1=O. The van der Waals surface area contributed by atoms with Gasteiger partial charge in [-0.25, -0.2) is 13.2 Å². The van der Waals surface area contributed by atoms with Crippen molar-refractivity contribution in [1.82, 2.24) is 9.55 Å². The second-order valence-corrected chi connectivity index (χ2v) is 7.22. The van der Waals surface area contributed by atoms with Crippen LogP contribution in [0.3, 0.4) is 0 Å². The van der Waals surface area contributed by atoms with Crippen LogP contribution in [-0.4, -0.2) is 18.0 Å². The summed E-state index contributed by atoms with van der Waals surface area (Å²) in [5, 5.41) is 0. The molecule has 112 valence electrons. The normalized spacial score (nSPS) is 11.6. The van der Waals surface area contributed by atoms with E-state index in [1.807, 2.05) is 37.0 Å². The Bertz CT molecular complexity index is 892. The van der Waals surface area contributed by atoms with Crippen molar-refractivity contribution in [3.8, 4) is 0 Å². The van der Waals surface area contributed by atoms with E-state index in [-0.39, 0.29) is 6.54 Å². The number of benzene rings is 1. The molecule has 2 rings (SSSR count). The second-order valence-electron chi connectivity index (χ2n) is 4.69. The molecule has 0 aliphatic rings. The fraction of sp³-hybridized carbons (Fsp3) is 0.231. The summed E-state index contributed by atoms with van der Waals surface area (Å²) in [6.45, 7) is 3.92. The number of halogens is 1. The minimum absolute atomic E-state index is 0.146. The number of H-pyrrole nitrogens is 1. The zero-order chi connectivity index (χ0) is 15.8. The minimum atomic E-state index is -4.22. The van der Waals surface area contributed by atoms with Gasteiger partial charge in [-0.15, -0.1) is 0 Å². The van der Waals surface area contributed by atoms with Crippen molar-refractivity contribution < 1.29 is 8.42 Å². The maximum atomic E-state index is 11.8. The van der Waals surface area contributed by atoms with Gasteiger partial charge in [0.15, 0.2) is 4.90 Å². The van der Waals surface area contributed by atoms with Crippen LogP contribution in [-0.2, 0) is 15.6 Å². The molecule has 0 unspecified atom stereocenters. The van der Waals surface area contributed by atoms with E-state index in [1.165, 1.54) is 0 Å². The lowest BCUT2D eigenvalue weighted by molar-refractivity contribution is 0.603. The fourth-order valence-electron chi connectivity index (χ4n) is 2.05. The molecule has 0 spiro atoms. The molecule has 0 aliphatic carbocycles. The highest BCUT2D eigenvalue weighted by Gasteiger charge is 2.17. The molecule has 1 aromatic heterocycles. The molecule has 0 fully saturated rings. The van der Waals surface area contributed by atoms with Crippen LogP contribution in [0.15, 0.2) is 38.9 Å².